The van der Waals surface area contributed by atoms with Crippen LogP contribution in [0.25, 0.3) is 0 Å². The van der Waals surface area contributed by atoms with E-state index in [1.807, 2.05) is 18.2 Å². The van der Waals surface area contributed by atoms with E-state index in [1.54, 1.807) is 0 Å². The van der Waals surface area contributed by atoms with E-state index < -0.39 is 5.54 Å². The van der Waals surface area contributed by atoms with Crippen molar-refractivity contribution >= 4 is 5.78 Å². The summed E-state index contributed by atoms with van der Waals surface area (Å²) in [7, 11) is 0. The van der Waals surface area contributed by atoms with Gasteiger partial charge in [-0.05, 0) is 50.2 Å². The van der Waals surface area contributed by atoms with Gasteiger partial charge in [0.2, 0.25) is 0 Å². The Morgan fingerprint density at radius 3 is 2.60 bits per heavy atom. The molecule has 0 aromatic heterocycles. The van der Waals surface area contributed by atoms with Gasteiger partial charge in [0, 0.05) is 12.0 Å². The topological polar surface area (TPSA) is 29.5 Å². The molecule has 20 heavy (non-hydrogen) atoms. The van der Waals surface area contributed by atoms with Crippen LogP contribution in [0.1, 0.15) is 50.0 Å². The fourth-order valence-corrected chi connectivity index (χ4v) is 3.09. The first-order valence-corrected chi connectivity index (χ1v) is 7.62. The van der Waals surface area contributed by atoms with E-state index in [9.17, 15) is 4.79 Å². The molecule has 0 saturated heterocycles. The zero-order valence-corrected chi connectivity index (χ0v) is 13.0. The number of ether oxygens (including phenoxy) is 1. The number of carbonyl (C=O) groups is 1. The molecule has 1 unspecified atom stereocenters. The smallest absolute Gasteiger partial charge is 0.182 e. The summed E-state index contributed by atoms with van der Waals surface area (Å²) in [6.07, 6.45) is 1.73. The van der Waals surface area contributed by atoms with Crippen molar-refractivity contribution in [1.82, 2.24) is 4.90 Å². The van der Waals surface area contributed by atoms with E-state index in [-0.39, 0.29) is 5.78 Å². The fraction of sp³-hybridized carbons (Fsp3) is 0.588. The quantitative estimate of drug-likeness (QED) is 0.746. The molecule has 0 fully saturated rings. The zero-order valence-electron chi connectivity index (χ0n) is 13.0. The number of likely N-dealkylation sites (N-methyl/N-ethyl adjacent to an activating group) is 1. The van der Waals surface area contributed by atoms with Crippen molar-refractivity contribution in [2.24, 2.45) is 0 Å². The third kappa shape index (κ3) is 2.47. The lowest BCUT2D eigenvalue weighted by Gasteiger charge is -2.38. The number of benzene rings is 1. The highest BCUT2D eigenvalue weighted by molar-refractivity contribution is 6.03. The molecule has 2 rings (SSSR count). The number of ketones is 1. The molecular weight excluding hydrogens is 250 g/mol. The molecule has 0 bridgehead atoms. The Hall–Kier alpha value is -1.35. The number of nitrogens with zero attached hydrogens (tertiary/aromatic N) is 1. The van der Waals surface area contributed by atoms with Crippen molar-refractivity contribution < 1.29 is 9.53 Å². The molecule has 1 atom stereocenters. The maximum Gasteiger partial charge on any atom is 0.182 e. The Morgan fingerprint density at radius 1 is 1.30 bits per heavy atom. The SMILES string of the molecule is CCN(CC)C(C)(CC)C(=O)c1ccc2c(c1)CCO2. The molecule has 1 aliphatic rings. The predicted molar refractivity (Wildman–Crippen MR) is 81.6 cm³/mol. The first kappa shape index (κ1) is 15.0. The molecule has 1 aliphatic heterocycles. The molecule has 0 N–H and O–H groups in total. The normalized spacial score (nSPS) is 16.6. The van der Waals surface area contributed by atoms with Gasteiger partial charge in [-0.15, -0.1) is 0 Å². The van der Waals surface area contributed by atoms with Crippen LogP contribution < -0.4 is 4.74 Å². The van der Waals surface area contributed by atoms with Gasteiger partial charge in [-0.2, -0.15) is 0 Å². The van der Waals surface area contributed by atoms with Gasteiger partial charge >= 0.3 is 0 Å². The summed E-state index contributed by atoms with van der Waals surface area (Å²) in [4.78, 5) is 15.2. The molecule has 3 heteroatoms. The highest BCUT2D eigenvalue weighted by atomic mass is 16.5. The second-order valence-corrected chi connectivity index (χ2v) is 5.55. The average molecular weight is 275 g/mol. The van der Waals surface area contributed by atoms with Crippen molar-refractivity contribution in [2.45, 2.75) is 46.1 Å². The van der Waals surface area contributed by atoms with E-state index in [0.29, 0.717) is 0 Å². The van der Waals surface area contributed by atoms with Crippen LogP contribution in [0, 0.1) is 0 Å². The Kier molecular flexibility index (Phi) is 4.48. The maximum absolute atomic E-state index is 13.0. The maximum atomic E-state index is 13.0. The summed E-state index contributed by atoms with van der Waals surface area (Å²) in [5.41, 5.74) is 1.55. The summed E-state index contributed by atoms with van der Waals surface area (Å²) in [6, 6.07) is 5.86. The van der Waals surface area contributed by atoms with Crippen molar-refractivity contribution in [2.75, 3.05) is 19.7 Å². The van der Waals surface area contributed by atoms with Crippen molar-refractivity contribution in [3.05, 3.63) is 29.3 Å². The highest BCUT2D eigenvalue weighted by Gasteiger charge is 2.37. The van der Waals surface area contributed by atoms with Gasteiger partial charge < -0.3 is 4.74 Å². The molecule has 110 valence electrons. The molecule has 0 radical (unpaired) electrons. The van der Waals surface area contributed by atoms with Gasteiger partial charge in [0.1, 0.15) is 5.75 Å². The number of hydrogen-bond donors (Lipinski definition) is 0. The second kappa shape index (κ2) is 5.96. The third-order valence-electron chi connectivity index (χ3n) is 4.59. The number of carbonyl (C=O) groups excluding carboxylic acids is 1. The first-order valence-electron chi connectivity index (χ1n) is 7.62. The highest BCUT2D eigenvalue weighted by Crippen LogP contribution is 2.30. The van der Waals surface area contributed by atoms with E-state index in [1.165, 1.54) is 0 Å². The lowest BCUT2D eigenvalue weighted by molar-refractivity contribution is 0.0607. The largest absolute Gasteiger partial charge is 0.493 e. The number of hydrogen-bond acceptors (Lipinski definition) is 3. The van der Waals surface area contributed by atoms with Crippen LogP contribution >= 0.6 is 0 Å². The van der Waals surface area contributed by atoms with Crippen LogP contribution in [0.3, 0.4) is 0 Å². The lowest BCUT2D eigenvalue weighted by Crippen LogP contribution is -2.51. The number of Topliss-reactive ketones (excluding diaryl/α,β-unsaturated/α-hetero) is 1. The summed E-state index contributed by atoms with van der Waals surface area (Å²) >= 11 is 0. The Labute approximate surface area is 121 Å². The Balaban J connectivity index is 2.33. The standard InChI is InChI=1S/C17H25NO2/c1-5-17(4,18(6-2)7-3)16(19)14-8-9-15-13(12-14)10-11-20-15/h8-9,12H,5-7,10-11H2,1-4H3. The summed E-state index contributed by atoms with van der Waals surface area (Å²) in [5.74, 6) is 1.15. The number of rotatable bonds is 6. The monoisotopic (exact) mass is 275 g/mol. The molecule has 1 heterocycles. The molecule has 1 aromatic carbocycles. The van der Waals surface area contributed by atoms with Crippen LogP contribution in [0.4, 0.5) is 0 Å². The predicted octanol–water partition coefficient (Wildman–Crippen LogP) is 3.31. The molecule has 0 amide bonds. The molecule has 0 spiro atoms. The first-order chi connectivity index (χ1) is 9.56. The van der Waals surface area contributed by atoms with E-state index in [4.69, 9.17) is 4.74 Å². The van der Waals surface area contributed by atoms with Crippen molar-refractivity contribution in [1.29, 1.82) is 0 Å². The van der Waals surface area contributed by atoms with E-state index in [2.05, 4.69) is 32.6 Å². The van der Waals surface area contributed by atoms with Gasteiger partial charge in [-0.3, -0.25) is 9.69 Å². The molecule has 3 nitrogen and oxygen atoms in total. The Bertz CT molecular complexity index is 494. The molecular formula is C17H25NO2. The Morgan fingerprint density at radius 2 is 2.00 bits per heavy atom. The van der Waals surface area contributed by atoms with Crippen LogP contribution in [0.5, 0.6) is 5.75 Å². The van der Waals surface area contributed by atoms with Crippen LogP contribution in [-0.2, 0) is 6.42 Å². The minimum Gasteiger partial charge on any atom is -0.493 e. The molecule has 1 aromatic rings. The average Bonchev–Trinajstić information content (AvgIpc) is 2.94. The fourth-order valence-electron chi connectivity index (χ4n) is 3.09. The van der Waals surface area contributed by atoms with Gasteiger partial charge in [0.15, 0.2) is 5.78 Å². The minimum absolute atomic E-state index is 0.221. The zero-order chi connectivity index (χ0) is 14.8. The number of fused-ring (bicyclic) bond motifs is 1. The van der Waals surface area contributed by atoms with Gasteiger partial charge in [0.05, 0.1) is 12.1 Å². The van der Waals surface area contributed by atoms with Crippen LogP contribution in [0.15, 0.2) is 18.2 Å². The van der Waals surface area contributed by atoms with Gasteiger partial charge in [-0.25, -0.2) is 0 Å². The van der Waals surface area contributed by atoms with Gasteiger partial charge in [0.25, 0.3) is 0 Å². The lowest BCUT2D eigenvalue weighted by atomic mass is 9.86. The van der Waals surface area contributed by atoms with Gasteiger partial charge in [-0.1, -0.05) is 20.8 Å². The van der Waals surface area contributed by atoms with Crippen molar-refractivity contribution in [3.63, 3.8) is 0 Å². The summed E-state index contributed by atoms with van der Waals surface area (Å²) in [6.45, 7) is 10.9. The van der Waals surface area contributed by atoms with Crippen LogP contribution in [0.2, 0.25) is 0 Å². The summed E-state index contributed by atoms with van der Waals surface area (Å²) < 4.78 is 5.51. The summed E-state index contributed by atoms with van der Waals surface area (Å²) in [5, 5.41) is 0. The second-order valence-electron chi connectivity index (χ2n) is 5.55. The minimum atomic E-state index is -0.419. The van der Waals surface area contributed by atoms with E-state index >= 15 is 0 Å². The molecule has 0 saturated carbocycles. The molecule has 0 aliphatic carbocycles. The third-order valence-corrected chi connectivity index (χ3v) is 4.59. The van der Waals surface area contributed by atoms with Crippen LogP contribution in [-0.4, -0.2) is 35.9 Å². The van der Waals surface area contributed by atoms with Crippen molar-refractivity contribution in [3.8, 4) is 5.75 Å². The van der Waals surface area contributed by atoms with E-state index in [0.717, 1.165) is 49.4 Å².